The predicted molar refractivity (Wildman–Crippen MR) is 83.2 cm³/mol. The highest BCUT2D eigenvalue weighted by Gasteiger charge is 2.47. The summed E-state index contributed by atoms with van der Waals surface area (Å²) in [6.45, 7) is -0.887. The summed E-state index contributed by atoms with van der Waals surface area (Å²) < 4.78 is 25.9. The van der Waals surface area contributed by atoms with Crippen LogP contribution in [0.1, 0.15) is 0 Å². The second-order valence-corrected chi connectivity index (χ2v) is 6.99. The van der Waals surface area contributed by atoms with Crippen molar-refractivity contribution < 1.29 is 64.5 Å². The second-order valence-electron chi connectivity index (χ2n) is 6.99. The zero-order chi connectivity index (χ0) is 20.6. The predicted octanol–water partition coefficient (Wildman–Crippen LogP) is -5.66. The molecular weight excluding hydrogens is 388 g/mol. The van der Waals surface area contributed by atoms with E-state index in [4.69, 9.17) is 23.7 Å². The molecule has 0 radical (unpaired) electrons. The van der Waals surface area contributed by atoms with Gasteiger partial charge in [-0.15, -0.1) is 0 Å². The highest BCUT2D eigenvalue weighted by Crippen LogP contribution is 2.26. The first kappa shape index (κ1) is 22.2. The van der Waals surface area contributed by atoms with E-state index in [2.05, 4.69) is 0 Å². The zero-order valence-electron chi connectivity index (χ0n) is 14.7. The van der Waals surface area contributed by atoms with Crippen molar-refractivity contribution in [3.8, 4) is 0 Å². The molecule has 0 saturated carbocycles. The fraction of sp³-hybridized carbons (Fsp3) is 1.00. The fourth-order valence-electron chi connectivity index (χ4n) is 3.15. The number of aliphatic hydroxyl groups is 8. The minimum Gasteiger partial charge on any atom is -0.388 e. The van der Waals surface area contributed by atoms with Gasteiger partial charge in [-0.3, -0.25) is 0 Å². The quantitative estimate of drug-likeness (QED) is 0.216. The minimum absolute atomic E-state index is 0.287. The molecule has 3 aliphatic heterocycles. The molecule has 13 heteroatoms. The number of hydrogen-bond donors (Lipinski definition) is 8. The summed E-state index contributed by atoms with van der Waals surface area (Å²) in [4.78, 5) is 0. The number of rotatable bonds is 4. The first-order valence-corrected chi connectivity index (χ1v) is 8.81. The van der Waals surface area contributed by atoms with Gasteiger partial charge < -0.3 is 64.5 Å². The number of aliphatic hydroxyl groups excluding tert-OH is 8. The van der Waals surface area contributed by atoms with Crippen LogP contribution in [0.3, 0.4) is 0 Å². The molecule has 3 rings (SSSR count). The van der Waals surface area contributed by atoms with E-state index in [1.165, 1.54) is 0 Å². The van der Waals surface area contributed by atoms with Gasteiger partial charge in [0.1, 0.15) is 54.9 Å². The molecule has 12 atom stereocenters. The van der Waals surface area contributed by atoms with Gasteiger partial charge in [-0.1, -0.05) is 0 Å². The summed E-state index contributed by atoms with van der Waals surface area (Å²) in [5, 5.41) is 78.3. The smallest absolute Gasteiger partial charge is 0.186 e. The van der Waals surface area contributed by atoms with E-state index in [9.17, 15) is 40.9 Å². The molecule has 0 aliphatic carbocycles. The second kappa shape index (κ2) is 9.09. The lowest BCUT2D eigenvalue weighted by atomic mass is 10.0. The van der Waals surface area contributed by atoms with Crippen LogP contribution < -0.4 is 0 Å². The Morgan fingerprint density at radius 1 is 0.500 bits per heavy atom. The van der Waals surface area contributed by atoms with E-state index in [0.29, 0.717) is 0 Å². The number of hydrogen-bond acceptors (Lipinski definition) is 13. The van der Waals surface area contributed by atoms with Crippen LogP contribution in [0.15, 0.2) is 0 Å². The van der Waals surface area contributed by atoms with Crippen LogP contribution in [0.2, 0.25) is 0 Å². The lowest BCUT2D eigenvalue weighted by molar-refractivity contribution is -0.346. The van der Waals surface area contributed by atoms with Gasteiger partial charge in [0.15, 0.2) is 18.9 Å². The third-order valence-electron chi connectivity index (χ3n) is 4.96. The SMILES string of the molecule is O[C@@H]1[C@@H](O[C@@H]2CO[C@@H](O)[C@H](O)[C@H]2O)OC[C@H](O[C@@H]2OC[C@@H](O)[C@H](O)[C@H]2O)[C@H]1O. The molecule has 13 nitrogen and oxygen atoms in total. The van der Waals surface area contributed by atoms with Crippen LogP contribution in [0, 0.1) is 0 Å². The van der Waals surface area contributed by atoms with E-state index in [1.807, 2.05) is 0 Å². The Labute approximate surface area is 159 Å². The van der Waals surface area contributed by atoms with Gasteiger partial charge in [0.05, 0.1) is 19.8 Å². The Kier molecular flexibility index (Phi) is 7.20. The van der Waals surface area contributed by atoms with E-state index in [-0.39, 0.29) is 19.8 Å². The summed E-state index contributed by atoms with van der Waals surface area (Å²) >= 11 is 0. The summed E-state index contributed by atoms with van der Waals surface area (Å²) in [7, 11) is 0. The molecule has 3 saturated heterocycles. The maximum absolute atomic E-state index is 10.3. The fourth-order valence-corrected chi connectivity index (χ4v) is 3.15. The lowest BCUT2D eigenvalue weighted by Crippen LogP contribution is -2.61. The van der Waals surface area contributed by atoms with E-state index < -0.39 is 73.8 Å². The summed E-state index contributed by atoms with van der Waals surface area (Å²) in [6.07, 6.45) is -17.3. The van der Waals surface area contributed by atoms with E-state index >= 15 is 0 Å². The molecule has 3 aliphatic rings. The van der Waals surface area contributed by atoms with Crippen LogP contribution in [0.25, 0.3) is 0 Å². The standard InChI is InChI=1S/C15H26O13/c16-4-1-25-14(11(21)7(4)17)28-6-3-26-15(12(22)9(6)19)27-5-2-24-13(23)10(20)8(5)18/h4-23H,1-3H2/t4-,5-,6+,7+,8+,9-,10-,11-,12+,13-,14+,15-/m1/s1. The maximum Gasteiger partial charge on any atom is 0.186 e. The van der Waals surface area contributed by atoms with Crippen LogP contribution in [0.4, 0.5) is 0 Å². The van der Waals surface area contributed by atoms with Crippen LogP contribution in [0.5, 0.6) is 0 Å². The van der Waals surface area contributed by atoms with Gasteiger partial charge in [0, 0.05) is 0 Å². The van der Waals surface area contributed by atoms with Crippen LogP contribution in [-0.2, 0) is 23.7 Å². The topological polar surface area (TPSA) is 208 Å². The van der Waals surface area contributed by atoms with Gasteiger partial charge in [0.2, 0.25) is 0 Å². The molecule has 28 heavy (non-hydrogen) atoms. The van der Waals surface area contributed by atoms with Gasteiger partial charge in [-0.05, 0) is 0 Å². The number of ether oxygens (including phenoxy) is 5. The first-order chi connectivity index (χ1) is 13.2. The van der Waals surface area contributed by atoms with Crippen molar-refractivity contribution in [2.24, 2.45) is 0 Å². The maximum atomic E-state index is 10.3. The van der Waals surface area contributed by atoms with Crippen molar-refractivity contribution in [1.29, 1.82) is 0 Å². The van der Waals surface area contributed by atoms with Gasteiger partial charge >= 0.3 is 0 Å². The normalized spacial score (nSPS) is 53.1. The van der Waals surface area contributed by atoms with Crippen molar-refractivity contribution in [1.82, 2.24) is 0 Å². The van der Waals surface area contributed by atoms with Gasteiger partial charge in [0.25, 0.3) is 0 Å². The molecule has 0 aromatic carbocycles. The van der Waals surface area contributed by atoms with Crippen molar-refractivity contribution in [3.63, 3.8) is 0 Å². The molecule has 0 amide bonds. The molecule has 8 N–H and O–H groups in total. The van der Waals surface area contributed by atoms with Crippen LogP contribution in [-0.4, -0.2) is 134 Å². The largest absolute Gasteiger partial charge is 0.388 e. The molecule has 0 bridgehead atoms. The highest BCUT2D eigenvalue weighted by atomic mass is 16.7. The summed E-state index contributed by atoms with van der Waals surface area (Å²) in [5.41, 5.74) is 0. The zero-order valence-corrected chi connectivity index (χ0v) is 14.7. The molecule has 3 fully saturated rings. The minimum atomic E-state index is -1.63. The molecule has 0 spiro atoms. The average molecular weight is 414 g/mol. The van der Waals surface area contributed by atoms with Crippen molar-refractivity contribution in [2.45, 2.75) is 73.8 Å². The van der Waals surface area contributed by atoms with Crippen LogP contribution >= 0.6 is 0 Å². The third kappa shape index (κ3) is 4.46. The Hall–Kier alpha value is -0.520. The van der Waals surface area contributed by atoms with E-state index in [0.717, 1.165) is 0 Å². The van der Waals surface area contributed by atoms with Crippen molar-refractivity contribution in [2.75, 3.05) is 19.8 Å². The van der Waals surface area contributed by atoms with Gasteiger partial charge in [-0.25, -0.2) is 0 Å². The Morgan fingerprint density at radius 3 is 1.57 bits per heavy atom. The van der Waals surface area contributed by atoms with Crippen molar-refractivity contribution >= 4 is 0 Å². The van der Waals surface area contributed by atoms with Gasteiger partial charge in [-0.2, -0.15) is 0 Å². The lowest BCUT2D eigenvalue weighted by Gasteiger charge is -2.43. The average Bonchev–Trinajstić information content (AvgIpc) is 2.68. The molecule has 164 valence electrons. The Bertz CT molecular complexity index is 464. The molecule has 0 unspecified atom stereocenters. The van der Waals surface area contributed by atoms with E-state index in [1.54, 1.807) is 0 Å². The molecule has 0 aromatic heterocycles. The molecule has 3 heterocycles. The molecule has 0 aromatic rings. The van der Waals surface area contributed by atoms with Crippen molar-refractivity contribution in [3.05, 3.63) is 0 Å². The monoisotopic (exact) mass is 414 g/mol. The summed E-state index contributed by atoms with van der Waals surface area (Å²) in [5.74, 6) is 0. The summed E-state index contributed by atoms with van der Waals surface area (Å²) in [6, 6.07) is 0. The Morgan fingerprint density at radius 2 is 0.964 bits per heavy atom. The Balaban J connectivity index is 1.54. The third-order valence-corrected chi connectivity index (χ3v) is 4.96. The first-order valence-electron chi connectivity index (χ1n) is 8.81. The highest BCUT2D eigenvalue weighted by molar-refractivity contribution is 4.89. The molecular formula is C15H26O13.